The first-order valence-corrected chi connectivity index (χ1v) is 8.11. The van der Waals surface area contributed by atoms with Crippen LogP contribution in [0.2, 0.25) is 0 Å². The highest BCUT2D eigenvalue weighted by Crippen LogP contribution is 2.20. The number of oxazole rings is 1. The van der Waals surface area contributed by atoms with Gasteiger partial charge in [0.1, 0.15) is 0 Å². The number of aromatic amines is 1. The van der Waals surface area contributed by atoms with Gasteiger partial charge in [-0.3, -0.25) is 4.79 Å². The number of aromatic nitrogens is 2. The normalized spacial score (nSPS) is 10.9. The Balaban J connectivity index is 1.38. The van der Waals surface area contributed by atoms with E-state index in [1.165, 1.54) is 0 Å². The summed E-state index contributed by atoms with van der Waals surface area (Å²) >= 11 is 0. The largest absolute Gasteiger partial charge is 0.439 e. The maximum Gasteiger partial charge on any atom is 0.224 e. The fourth-order valence-corrected chi connectivity index (χ4v) is 2.82. The molecule has 2 aromatic heterocycles. The van der Waals surface area contributed by atoms with Crippen LogP contribution in [0, 0.1) is 0 Å². The Bertz CT molecular complexity index is 1000. The molecule has 25 heavy (non-hydrogen) atoms. The van der Waals surface area contributed by atoms with E-state index < -0.39 is 0 Å². The monoisotopic (exact) mass is 331 g/mol. The number of benzene rings is 2. The van der Waals surface area contributed by atoms with Gasteiger partial charge >= 0.3 is 0 Å². The van der Waals surface area contributed by atoms with Crippen LogP contribution in [0.5, 0.6) is 0 Å². The van der Waals surface area contributed by atoms with Crippen molar-refractivity contribution < 1.29 is 9.21 Å². The summed E-state index contributed by atoms with van der Waals surface area (Å²) in [5, 5.41) is 3.93. The second kappa shape index (κ2) is 6.65. The van der Waals surface area contributed by atoms with Crippen LogP contribution in [-0.2, 0) is 17.8 Å². The standard InChI is InChI=1S/C20H17N3O2/c24-19(10-15-11-21-17-9-5-4-8-16(15)17)22-13-20-23-12-18(25-20)14-6-2-1-3-7-14/h1-9,11-12,21H,10,13H2,(H,22,24). The van der Waals surface area contributed by atoms with Crippen LogP contribution in [0.4, 0.5) is 0 Å². The molecule has 2 N–H and O–H groups in total. The Kier molecular flexibility index (Phi) is 4.04. The molecule has 0 saturated carbocycles. The maximum atomic E-state index is 12.2. The molecule has 0 saturated heterocycles. The van der Waals surface area contributed by atoms with E-state index in [0.29, 0.717) is 18.1 Å². The predicted octanol–water partition coefficient (Wildman–Crippen LogP) is 3.68. The number of carbonyl (C=O) groups is 1. The van der Waals surface area contributed by atoms with Crippen molar-refractivity contribution >= 4 is 16.8 Å². The predicted molar refractivity (Wildman–Crippen MR) is 95.8 cm³/mol. The summed E-state index contributed by atoms with van der Waals surface area (Å²) in [6, 6.07) is 17.7. The molecule has 0 spiro atoms. The van der Waals surface area contributed by atoms with Crippen molar-refractivity contribution in [3.8, 4) is 11.3 Å². The second-order valence-corrected chi connectivity index (χ2v) is 5.80. The van der Waals surface area contributed by atoms with E-state index in [2.05, 4.69) is 15.3 Å². The fourth-order valence-electron chi connectivity index (χ4n) is 2.82. The Morgan fingerprint density at radius 2 is 1.88 bits per heavy atom. The summed E-state index contributed by atoms with van der Waals surface area (Å²) < 4.78 is 5.69. The number of hydrogen-bond acceptors (Lipinski definition) is 3. The van der Waals surface area contributed by atoms with Crippen LogP contribution in [-0.4, -0.2) is 15.9 Å². The van der Waals surface area contributed by atoms with Gasteiger partial charge in [0.2, 0.25) is 11.8 Å². The minimum atomic E-state index is -0.0655. The lowest BCUT2D eigenvalue weighted by atomic mass is 10.1. The molecule has 2 heterocycles. The third kappa shape index (κ3) is 3.30. The Hall–Kier alpha value is -3.34. The number of rotatable bonds is 5. The Morgan fingerprint density at radius 1 is 1.08 bits per heavy atom. The molecule has 0 bridgehead atoms. The molecule has 5 heteroatoms. The van der Waals surface area contributed by atoms with Crippen LogP contribution in [0.3, 0.4) is 0 Å². The smallest absolute Gasteiger partial charge is 0.224 e. The summed E-state index contributed by atoms with van der Waals surface area (Å²) in [7, 11) is 0. The number of nitrogens with one attached hydrogen (secondary N) is 2. The topological polar surface area (TPSA) is 70.9 Å². The first-order valence-electron chi connectivity index (χ1n) is 8.11. The lowest BCUT2D eigenvalue weighted by Gasteiger charge is -2.02. The van der Waals surface area contributed by atoms with Crippen molar-refractivity contribution in [1.29, 1.82) is 0 Å². The van der Waals surface area contributed by atoms with Crippen molar-refractivity contribution in [2.45, 2.75) is 13.0 Å². The molecule has 2 aromatic carbocycles. The minimum Gasteiger partial charge on any atom is -0.439 e. The van der Waals surface area contributed by atoms with E-state index in [9.17, 15) is 4.79 Å². The molecule has 0 aliphatic heterocycles. The van der Waals surface area contributed by atoms with E-state index in [-0.39, 0.29) is 12.5 Å². The van der Waals surface area contributed by atoms with Gasteiger partial charge in [0.05, 0.1) is 19.2 Å². The van der Waals surface area contributed by atoms with Crippen molar-refractivity contribution in [1.82, 2.24) is 15.3 Å². The average Bonchev–Trinajstić information content (AvgIpc) is 3.28. The van der Waals surface area contributed by atoms with E-state index in [4.69, 9.17) is 4.42 Å². The quantitative estimate of drug-likeness (QED) is 0.586. The maximum absolute atomic E-state index is 12.2. The Labute approximate surface area is 144 Å². The van der Waals surface area contributed by atoms with Crippen molar-refractivity contribution in [2.75, 3.05) is 0 Å². The van der Waals surface area contributed by atoms with E-state index >= 15 is 0 Å². The highest BCUT2D eigenvalue weighted by molar-refractivity contribution is 5.88. The SMILES string of the molecule is O=C(Cc1c[nH]c2ccccc12)NCc1ncc(-c2ccccc2)o1. The number of H-pyrrole nitrogens is 1. The van der Waals surface area contributed by atoms with Crippen LogP contribution in [0.25, 0.3) is 22.2 Å². The zero-order valence-electron chi connectivity index (χ0n) is 13.5. The van der Waals surface area contributed by atoms with Crippen LogP contribution in [0.15, 0.2) is 71.4 Å². The van der Waals surface area contributed by atoms with Crippen molar-refractivity contribution in [3.63, 3.8) is 0 Å². The number of amides is 1. The molecule has 0 unspecified atom stereocenters. The summed E-state index contributed by atoms with van der Waals surface area (Å²) in [6.45, 7) is 0.272. The molecule has 124 valence electrons. The number of carbonyl (C=O) groups excluding carboxylic acids is 1. The van der Waals surface area contributed by atoms with Crippen molar-refractivity contribution in [3.05, 3.63) is 78.4 Å². The molecule has 0 aliphatic carbocycles. The first kappa shape index (κ1) is 15.2. The molecule has 0 radical (unpaired) electrons. The molecule has 4 rings (SSSR count). The van der Waals surface area contributed by atoms with Gasteiger partial charge in [0.15, 0.2) is 5.76 Å². The molecular formula is C20H17N3O2. The van der Waals surface area contributed by atoms with Gasteiger partial charge in [-0.15, -0.1) is 0 Å². The van der Waals surface area contributed by atoms with E-state index in [1.54, 1.807) is 6.20 Å². The van der Waals surface area contributed by atoms with Gasteiger partial charge in [0, 0.05) is 22.7 Å². The summed E-state index contributed by atoms with van der Waals surface area (Å²) in [4.78, 5) is 19.6. The fraction of sp³-hybridized carbons (Fsp3) is 0.100. The molecule has 0 fully saturated rings. The molecule has 4 aromatic rings. The molecule has 1 amide bonds. The van der Waals surface area contributed by atoms with E-state index in [1.807, 2.05) is 60.8 Å². The average molecular weight is 331 g/mol. The van der Waals surface area contributed by atoms with Crippen LogP contribution < -0.4 is 5.32 Å². The van der Waals surface area contributed by atoms with Gasteiger partial charge in [0.25, 0.3) is 0 Å². The van der Waals surface area contributed by atoms with Crippen LogP contribution >= 0.6 is 0 Å². The Morgan fingerprint density at radius 3 is 2.76 bits per heavy atom. The first-order chi connectivity index (χ1) is 12.3. The molecular weight excluding hydrogens is 314 g/mol. The number of nitrogens with zero attached hydrogens (tertiary/aromatic N) is 1. The summed E-state index contributed by atoms with van der Waals surface area (Å²) in [6.07, 6.45) is 3.87. The number of hydrogen-bond donors (Lipinski definition) is 2. The van der Waals surface area contributed by atoms with Gasteiger partial charge in [-0.05, 0) is 11.6 Å². The zero-order valence-corrected chi connectivity index (χ0v) is 13.5. The van der Waals surface area contributed by atoms with Gasteiger partial charge < -0.3 is 14.7 Å². The molecule has 0 aliphatic rings. The third-order valence-corrected chi connectivity index (χ3v) is 4.07. The third-order valence-electron chi connectivity index (χ3n) is 4.07. The minimum absolute atomic E-state index is 0.0655. The van der Waals surface area contributed by atoms with Gasteiger partial charge in [-0.2, -0.15) is 0 Å². The van der Waals surface area contributed by atoms with Gasteiger partial charge in [-0.1, -0.05) is 48.5 Å². The second-order valence-electron chi connectivity index (χ2n) is 5.80. The highest BCUT2D eigenvalue weighted by Gasteiger charge is 2.10. The lowest BCUT2D eigenvalue weighted by Crippen LogP contribution is -2.24. The van der Waals surface area contributed by atoms with Gasteiger partial charge in [-0.25, -0.2) is 4.98 Å². The zero-order chi connectivity index (χ0) is 17.1. The molecule has 0 atom stereocenters. The van der Waals surface area contributed by atoms with E-state index in [0.717, 1.165) is 22.0 Å². The van der Waals surface area contributed by atoms with Crippen LogP contribution in [0.1, 0.15) is 11.5 Å². The summed E-state index contributed by atoms with van der Waals surface area (Å²) in [5.74, 6) is 1.12. The summed E-state index contributed by atoms with van der Waals surface area (Å²) in [5.41, 5.74) is 2.97. The van der Waals surface area contributed by atoms with Crippen molar-refractivity contribution in [2.24, 2.45) is 0 Å². The molecule has 5 nitrogen and oxygen atoms in total. The lowest BCUT2D eigenvalue weighted by molar-refractivity contribution is -0.120. The highest BCUT2D eigenvalue weighted by atomic mass is 16.4. The number of fused-ring (bicyclic) bond motifs is 1. The number of para-hydroxylation sites is 1.